The highest BCUT2D eigenvalue weighted by molar-refractivity contribution is 5.95. The number of carbonyl (C=O) groups excluding carboxylic acids is 2. The molecule has 0 aliphatic rings. The van der Waals surface area contributed by atoms with E-state index in [1.807, 2.05) is 32.0 Å². The van der Waals surface area contributed by atoms with E-state index in [-0.39, 0.29) is 6.54 Å². The molecule has 0 spiro atoms. The van der Waals surface area contributed by atoms with Crippen LogP contribution < -0.4 is 5.32 Å². The molecular weight excluding hydrogens is 286 g/mol. The molecule has 0 unspecified atom stereocenters. The van der Waals surface area contributed by atoms with Crippen molar-refractivity contribution in [1.82, 2.24) is 20.2 Å². The number of hydrogen-bond donors (Lipinski definition) is 1. The fourth-order valence-electron chi connectivity index (χ4n) is 1.86. The van der Waals surface area contributed by atoms with Crippen LogP contribution in [0.3, 0.4) is 0 Å². The number of amides is 1. The van der Waals surface area contributed by atoms with Gasteiger partial charge in [0.05, 0.1) is 0 Å². The third-order valence-corrected chi connectivity index (χ3v) is 3.00. The highest BCUT2D eigenvalue weighted by atomic mass is 16.5. The Bertz CT molecular complexity index is 669. The molecule has 0 saturated carbocycles. The second-order valence-electron chi connectivity index (χ2n) is 4.95. The Morgan fingerprint density at radius 3 is 2.77 bits per heavy atom. The Hall–Kier alpha value is -2.77. The number of rotatable bonds is 5. The van der Waals surface area contributed by atoms with Crippen LogP contribution in [0.25, 0.3) is 0 Å². The van der Waals surface area contributed by atoms with Gasteiger partial charge in [0.1, 0.15) is 12.9 Å². The van der Waals surface area contributed by atoms with Gasteiger partial charge < -0.3 is 10.1 Å². The third kappa shape index (κ3) is 4.11. The first kappa shape index (κ1) is 15.6. The van der Waals surface area contributed by atoms with E-state index in [0.717, 1.165) is 11.1 Å². The van der Waals surface area contributed by atoms with E-state index in [9.17, 15) is 9.59 Å². The van der Waals surface area contributed by atoms with Crippen LogP contribution in [0.15, 0.2) is 24.5 Å². The number of hydrogen-bond acceptors (Lipinski definition) is 6. The highest BCUT2D eigenvalue weighted by Crippen LogP contribution is 2.16. The van der Waals surface area contributed by atoms with Crippen LogP contribution in [-0.4, -0.2) is 38.2 Å². The zero-order valence-corrected chi connectivity index (χ0v) is 12.6. The maximum atomic E-state index is 12.1. The first-order valence-corrected chi connectivity index (χ1v) is 6.74. The number of aryl methyl sites for hydroxylation is 2. The van der Waals surface area contributed by atoms with Crippen LogP contribution in [0.4, 0.5) is 5.69 Å². The van der Waals surface area contributed by atoms with Crippen molar-refractivity contribution in [2.45, 2.75) is 33.4 Å². The summed E-state index contributed by atoms with van der Waals surface area (Å²) in [6, 6.07) is 5.68. The molecule has 116 valence electrons. The van der Waals surface area contributed by atoms with Crippen molar-refractivity contribution in [3.8, 4) is 0 Å². The van der Waals surface area contributed by atoms with Gasteiger partial charge in [0.2, 0.25) is 0 Å². The standard InChI is InChI=1S/C14H17N5O3/c1-9-4-5-12(10(2)6-9)16-14(21)11(3)22-13(20)7-19-8-15-17-18-19/h4-6,8,11H,7H2,1-3H3,(H,16,21)/t11-/m0/s1. The van der Waals surface area contributed by atoms with Crippen molar-refractivity contribution >= 4 is 17.6 Å². The predicted molar refractivity (Wildman–Crippen MR) is 77.9 cm³/mol. The van der Waals surface area contributed by atoms with Gasteiger partial charge in [0.15, 0.2) is 6.10 Å². The van der Waals surface area contributed by atoms with E-state index in [0.29, 0.717) is 5.69 Å². The second kappa shape index (κ2) is 6.79. The number of carbonyl (C=O) groups is 2. The Morgan fingerprint density at radius 2 is 2.14 bits per heavy atom. The van der Waals surface area contributed by atoms with E-state index in [1.54, 1.807) is 0 Å². The number of aromatic nitrogens is 4. The predicted octanol–water partition coefficient (Wildman–Crippen LogP) is 0.860. The summed E-state index contributed by atoms with van der Waals surface area (Å²) < 4.78 is 6.27. The van der Waals surface area contributed by atoms with Gasteiger partial charge in [-0.2, -0.15) is 0 Å². The molecule has 2 rings (SSSR count). The van der Waals surface area contributed by atoms with E-state index in [4.69, 9.17) is 4.74 Å². The fourth-order valence-corrected chi connectivity index (χ4v) is 1.86. The van der Waals surface area contributed by atoms with Crippen LogP contribution >= 0.6 is 0 Å². The van der Waals surface area contributed by atoms with Gasteiger partial charge in [-0.1, -0.05) is 17.7 Å². The number of tetrazole rings is 1. The average Bonchev–Trinajstić information content (AvgIpc) is 2.94. The van der Waals surface area contributed by atoms with Crippen molar-refractivity contribution < 1.29 is 14.3 Å². The summed E-state index contributed by atoms with van der Waals surface area (Å²) >= 11 is 0. The number of nitrogens with zero attached hydrogens (tertiary/aromatic N) is 4. The van der Waals surface area contributed by atoms with Crippen LogP contribution in [0.2, 0.25) is 0 Å². The molecule has 1 N–H and O–H groups in total. The molecule has 0 bridgehead atoms. The molecule has 0 aliphatic carbocycles. The normalized spacial score (nSPS) is 11.8. The van der Waals surface area contributed by atoms with Crippen LogP contribution in [-0.2, 0) is 20.9 Å². The summed E-state index contributed by atoms with van der Waals surface area (Å²) in [6.45, 7) is 5.24. The number of nitrogens with one attached hydrogen (secondary N) is 1. The zero-order valence-electron chi connectivity index (χ0n) is 12.6. The van der Waals surface area contributed by atoms with Crippen LogP contribution in [0, 0.1) is 13.8 Å². The van der Waals surface area contributed by atoms with Gasteiger partial charge in [0, 0.05) is 5.69 Å². The quantitative estimate of drug-likeness (QED) is 0.822. The smallest absolute Gasteiger partial charge is 0.328 e. The van der Waals surface area contributed by atoms with Gasteiger partial charge in [-0.3, -0.25) is 9.59 Å². The van der Waals surface area contributed by atoms with Crippen LogP contribution in [0.5, 0.6) is 0 Å². The summed E-state index contributed by atoms with van der Waals surface area (Å²) in [7, 11) is 0. The lowest BCUT2D eigenvalue weighted by Gasteiger charge is -2.14. The van der Waals surface area contributed by atoms with Gasteiger partial charge in [-0.25, -0.2) is 4.68 Å². The van der Waals surface area contributed by atoms with Crippen molar-refractivity contribution in [1.29, 1.82) is 0 Å². The average molecular weight is 303 g/mol. The molecule has 1 atom stereocenters. The molecule has 8 nitrogen and oxygen atoms in total. The van der Waals surface area contributed by atoms with E-state index >= 15 is 0 Å². The SMILES string of the molecule is Cc1ccc(NC(=O)[C@H](C)OC(=O)Cn2cnnn2)c(C)c1. The molecule has 2 aromatic rings. The van der Waals surface area contributed by atoms with Crippen LogP contribution in [0.1, 0.15) is 18.1 Å². The molecule has 1 aromatic heterocycles. The fraction of sp³-hybridized carbons (Fsp3) is 0.357. The lowest BCUT2D eigenvalue weighted by molar-refractivity contribution is -0.153. The van der Waals surface area contributed by atoms with Gasteiger partial charge in [-0.05, 0) is 42.8 Å². The number of benzene rings is 1. The number of ether oxygens (including phenoxy) is 1. The van der Waals surface area contributed by atoms with Crippen molar-refractivity contribution in [3.05, 3.63) is 35.7 Å². The summed E-state index contributed by atoms with van der Waals surface area (Å²) in [4.78, 5) is 23.7. The minimum Gasteiger partial charge on any atom is -0.451 e. The molecular formula is C14H17N5O3. The maximum absolute atomic E-state index is 12.1. The Labute approximate surface area is 127 Å². The lowest BCUT2D eigenvalue weighted by atomic mass is 10.1. The van der Waals surface area contributed by atoms with E-state index in [2.05, 4.69) is 20.8 Å². The molecule has 0 aliphatic heterocycles. The van der Waals surface area contributed by atoms with Crippen molar-refractivity contribution in [3.63, 3.8) is 0 Å². The first-order chi connectivity index (χ1) is 10.5. The topological polar surface area (TPSA) is 99.0 Å². The monoisotopic (exact) mass is 303 g/mol. The minimum absolute atomic E-state index is 0.145. The molecule has 0 radical (unpaired) electrons. The zero-order chi connectivity index (χ0) is 16.1. The van der Waals surface area contributed by atoms with Crippen molar-refractivity contribution in [2.24, 2.45) is 0 Å². The van der Waals surface area contributed by atoms with E-state index in [1.165, 1.54) is 17.9 Å². The van der Waals surface area contributed by atoms with Gasteiger partial charge in [-0.15, -0.1) is 5.10 Å². The Balaban J connectivity index is 1.90. The molecule has 1 heterocycles. The molecule has 22 heavy (non-hydrogen) atoms. The lowest BCUT2D eigenvalue weighted by Crippen LogP contribution is -2.31. The Morgan fingerprint density at radius 1 is 1.36 bits per heavy atom. The van der Waals surface area contributed by atoms with Crippen molar-refractivity contribution in [2.75, 3.05) is 5.32 Å². The number of anilines is 1. The summed E-state index contributed by atoms with van der Waals surface area (Å²) in [5.41, 5.74) is 2.75. The summed E-state index contributed by atoms with van der Waals surface area (Å²) in [5, 5.41) is 13.1. The van der Waals surface area contributed by atoms with Gasteiger partial charge in [0.25, 0.3) is 5.91 Å². The largest absolute Gasteiger partial charge is 0.451 e. The molecule has 0 saturated heterocycles. The first-order valence-electron chi connectivity index (χ1n) is 6.74. The molecule has 0 fully saturated rings. The molecule has 8 heteroatoms. The molecule has 1 amide bonds. The van der Waals surface area contributed by atoms with E-state index < -0.39 is 18.0 Å². The Kier molecular flexibility index (Phi) is 4.82. The number of esters is 1. The highest BCUT2D eigenvalue weighted by Gasteiger charge is 2.19. The summed E-state index contributed by atoms with van der Waals surface area (Å²) in [6.07, 6.45) is 0.381. The summed E-state index contributed by atoms with van der Waals surface area (Å²) in [5.74, 6) is -0.979. The molecule has 1 aromatic carbocycles. The minimum atomic E-state index is -0.912. The third-order valence-electron chi connectivity index (χ3n) is 3.00. The maximum Gasteiger partial charge on any atom is 0.328 e. The second-order valence-corrected chi connectivity index (χ2v) is 4.95. The van der Waals surface area contributed by atoms with Gasteiger partial charge >= 0.3 is 5.97 Å².